The van der Waals surface area contributed by atoms with E-state index in [1.807, 2.05) is 33.2 Å². The topological polar surface area (TPSA) is 29.0 Å². The van der Waals surface area contributed by atoms with Crippen LogP contribution in [0.25, 0.3) is 0 Å². The second-order valence-corrected chi connectivity index (χ2v) is 3.18. The maximum absolute atomic E-state index is 4.17. The first-order chi connectivity index (χ1) is 6.86. The van der Waals surface area contributed by atoms with Gasteiger partial charge in [0.2, 0.25) is 0 Å². The van der Waals surface area contributed by atoms with Gasteiger partial charge in [-0.2, -0.15) is 0 Å². The van der Waals surface area contributed by atoms with E-state index in [1.54, 1.807) is 0 Å². The van der Waals surface area contributed by atoms with E-state index in [2.05, 4.69) is 14.9 Å². The molecule has 0 bridgehead atoms. The molecule has 0 radical (unpaired) electrons. The molecule has 0 atom stereocenters. The van der Waals surface area contributed by atoms with Gasteiger partial charge in [-0.25, -0.2) is 9.97 Å². The van der Waals surface area contributed by atoms with Crippen molar-refractivity contribution in [2.24, 2.45) is 0 Å². The van der Waals surface area contributed by atoms with Crippen LogP contribution >= 0.6 is 0 Å². The predicted octanol–water partition coefficient (Wildman–Crippen LogP) is 2.41. The molecule has 0 aliphatic carbocycles. The van der Waals surface area contributed by atoms with E-state index >= 15 is 0 Å². The van der Waals surface area contributed by atoms with Crippen molar-refractivity contribution in [3.05, 3.63) is 18.2 Å². The maximum Gasteiger partial charge on any atom is 0.125 e. The van der Waals surface area contributed by atoms with Crippen LogP contribution in [0.1, 0.15) is 32.5 Å². The average molecular weight is 193 g/mol. The Balaban J connectivity index is 0.000000461. The van der Waals surface area contributed by atoms with Gasteiger partial charge in [-0.1, -0.05) is 13.8 Å². The molecule has 1 aromatic heterocycles. The highest BCUT2D eigenvalue weighted by Crippen LogP contribution is 2.17. The van der Waals surface area contributed by atoms with Gasteiger partial charge in [-0.15, -0.1) is 0 Å². The maximum atomic E-state index is 4.17. The molecule has 0 N–H and O–H groups in total. The van der Waals surface area contributed by atoms with Crippen molar-refractivity contribution in [1.82, 2.24) is 9.97 Å². The molecule has 1 saturated heterocycles. The van der Waals surface area contributed by atoms with Crippen LogP contribution in [0.5, 0.6) is 0 Å². The molecule has 1 aliphatic rings. The zero-order valence-corrected chi connectivity index (χ0v) is 9.32. The molecule has 0 spiro atoms. The van der Waals surface area contributed by atoms with Crippen molar-refractivity contribution < 1.29 is 0 Å². The standard InChI is InChI=1S/C9H13N3.C2H6/c1-8-10-6-9(7-11-8)12-4-2-3-5-12;1-2/h6-7H,2-5H2,1H3;1-2H3. The van der Waals surface area contributed by atoms with E-state index in [9.17, 15) is 0 Å². The zero-order chi connectivity index (χ0) is 10.4. The molecule has 1 aliphatic heterocycles. The minimum absolute atomic E-state index is 0.845. The minimum atomic E-state index is 0.845. The Morgan fingerprint density at radius 3 is 2.07 bits per heavy atom. The predicted molar refractivity (Wildman–Crippen MR) is 59.6 cm³/mol. The van der Waals surface area contributed by atoms with E-state index in [0.29, 0.717) is 0 Å². The number of rotatable bonds is 1. The summed E-state index contributed by atoms with van der Waals surface area (Å²) in [6.45, 7) is 8.23. The van der Waals surface area contributed by atoms with Gasteiger partial charge in [0.1, 0.15) is 5.82 Å². The van der Waals surface area contributed by atoms with Gasteiger partial charge in [0.25, 0.3) is 0 Å². The second kappa shape index (κ2) is 5.58. The van der Waals surface area contributed by atoms with Crippen molar-refractivity contribution in [1.29, 1.82) is 0 Å². The lowest BCUT2D eigenvalue weighted by atomic mass is 10.4. The van der Waals surface area contributed by atoms with Gasteiger partial charge in [-0.05, 0) is 19.8 Å². The highest BCUT2D eigenvalue weighted by atomic mass is 15.2. The first kappa shape index (κ1) is 11.0. The molecular formula is C11H19N3. The Morgan fingerprint density at radius 2 is 1.57 bits per heavy atom. The molecule has 1 aromatic rings. The lowest BCUT2D eigenvalue weighted by Gasteiger charge is -2.15. The summed E-state index contributed by atoms with van der Waals surface area (Å²) in [5.41, 5.74) is 1.16. The second-order valence-electron chi connectivity index (χ2n) is 3.18. The van der Waals surface area contributed by atoms with E-state index in [4.69, 9.17) is 0 Å². The van der Waals surface area contributed by atoms with Crippen molar-refractivity contribution in [3.63, 3.8) is 0 Å². The monoisotopic (exact) mass is 193 g/mol. The van der Waals surface area contributed by atoms with Crippen LogP contribution in [-0.2, 0) is 0 Å². The van der Waals surface area contributed by atoms with Crippen molar-refractivity contribution in [3.8, 4) is 0 Å². The zero-order valence-electron chi connectivity index (χ0n) is 9.32. The van der Waals surface area contributed by atoms with Crippen LogP contribution in [0.15, 0.2) is 12.4 Å². The fraction of sp³-hybridized carbons (Fsp3) is 0.636. The minimum Gasteiger partial charge on any atom is -0.369 e. The molecule has 0 unspecified atom stereocenters. The highest BCUT2D eigenvalue weighted by Gasteiger charge is 2.11. The molecule has 0 amide bonds. The van der Waals surface area contributed by atoms with Crippen LogP contribution in [0.2, 0.25) is 0 Å². The first-order valence-electron chi connectivity index (χ1n) is 5.40. The van der Waals surface area contributed by atoms with Gasteiger partial charge in [0.15, 0.2) is 0 Å². The molecule has 2 heterocycles. The molecule has 78 valence electrons. The van der Waals surface area contributed by atoms with E-state index in [1.165, 1.54) is 12.8 Å². The summed E-state index contributed by atoms with van der Waals surface area (Å²) in [7, 11) is 0. The van der Waals surface area contributed by atoms with Gasteiger partial charge in [-0.3, -0.25) is 0 Å². The lowest BCUT2D eigenvalue weighted by molar-refractivity contribution is 0.936. The largest absolute Gasteiger partial charge is 0.369 e. The van der Waals surface area contributed by atoms with Crippen molar-refractivity contribution in [2.45, 2.75) is 33.6 Å². The number of anilines is 1. The van der Waals surface area contributed by atoms with Crippen LogP contribution < -0.4 is 4.90 Å². The number of nitrogens with zero attached hydrogens (tertiary/aromatic N) is 3. The third kappa shape index (κ3) is 2.69. The number of hydrogen-bond donors (Lipinski definition) is 0. The highest BCUT2D eigenvalue weighted by molar-refractivity contribution is 5.42. The SMILES string of the molecule is CC.Cc1ncc(N2CCCC2)cn1. The van der Waals surface area contributed by atoms with Crippen molar-refractivity contribution in [2.75, 3.05) is 18.0 Å². The third-order valence-corrected chi connectivity index (χ3v) is 2.24. The molecule has 3 heteroatoms. The van der Waals surface area contributed by atoms with Crippen LogP contribution in [0, 0.1) is 6.92 Å². The normalized spacial score (nSPS) is 14.9. The summed E-state index contributed by atoms with van der Waals surface area (Å²) < 4.78 is 0. The van der Waals surface area contributed by atoms with Crippen LogP contribution in [0.3, 0.4) is 0 Å². The molecular weight excluding hydrogens is 174 g/mol. The average Bonchev–Trinajstić information content (AvgIpc) is 2.75. The lowest BCUT2D eigenvalue weighted by Crippen LogP contribution is -2.17. The van der Waals surface area contributed by atoms with Gasteiger partial charge in [0.05, 0.1) is 18.1 Å². The Kier molecular flexibility index (Phi) is 4.36. The Morgan fingerprint density at radius 1 is 1.07 bits per heavy atom. The molecule has 1 fully saturated rings. The van der Waals surface area contributed by atoms with E-state index in [0.717, 1.165) is 24.6 Å². The fourth-order valence-electron chi connectivity index (χ4n) is 1.52. The van der Waals surface area contributed by atoms with Crippen molar-refractivity contribution >= 4 is 5.69 Å². The van der Waals surface area contributed by atoms with E-state index < -0.39 is 0 Å². The Hall–Kier alpha value is -1.12. The third-order valence-electron chi connectivity index (χ3n) is 2.24. The molecule has 2 rings (SSSR count). The molecule has 0 aromatic carbocycles. The molecule has 14 heavy (non-hydrogen) atoms. The summed E-state index contributed by atoms with van der Waals surface area (Å²) >= 11 is 0. The van der Waals surface area contributed by atoms with Gasteiger partial charge in [0, 0.05) is 13.1 Å². The van der Waals surface area contributed by atoms with Gasteiger partial charge >= 0.3 is 0 Å². The number of aryl methyl sites for hydroxylation is 1. The Bertz CT molecular complexity index is 250. The van der Waals surface area contributed by atoms with Crippen LogP contribution in [0.4, 0.5) is 5.69 Å². The number of hydrogen-bond acceptors (Lipinski definition) is 3. The summed E-state index contributed by atoms with van der Waals surface area (Å²) in [6, 6.07) is 0. The fourth-order valence-corrected chi connectivity index (χ4v) is 1.52. The van der Waals surface area contributed by atoms with Crippen LogP contribution in [-0.4, -0.2) is 23.1 Å². The quantitative estimate of drug-likeness (QED) is 0.686. The molecule has 3 nitrogen and oxygen atoms in total. The summed E-state index contributed by atoms with van der Waals surface area (Å²) in [4.78, 5) is 10.7. The molecule has 0 saturated carbocycles. The van der Waals surface area contributed by atoms with E-state index in [-0.39, 0.29) is 0 Å². The summed E-state index contributed by atoms with van der Waals surface area (Å²) in [5.74, 6) is 0.845. The number of aromatic nitrogens is 2. The first-order valence-corrected chi connectivity index (χ1v) is 5.40. The Labute approximate surface area is 86.2 Å². The smallest absolute Gasteiger partial charge is 0.125 e. The summed E-state index contributed by atoms with van der Waals surface area (Å²) in [6.07, 6.45) is 6.42. The van der Waals surface area contributed by atoms with Gasteiger partial charge < -0.3 is 4.90 Å². The summed E-state index contributed by atoms with van der Waals surface area (Å²) in [5, 5.41) is 0.